The number of nitrogens with two attached hydrogens (primary N) is 1. The average Bonchev–Trinajstić information content (AvgIpc) is 2.89. The van der Waals surface area contributed by atoms with Gasteiger partial charge in [-0.1, -0.05) is 42.5 Å². The standard InChI is InChI=1S/C17H14N4/c18-10-13-6-8-15(9-7-13)16-17(19)21(12-20-16)11-14-4-2-1-3-5-14/h1-9,12H,11,19H2. The van der Waals surface area contributed by atoms with Crippen molar-refractivity contribution in [1.82, 2.24) is 9.55 Å². The SMILES string of the molecule is N#Cc1ccc(-c2ncn(Cc3ccccc3)c2N)cc1. The lowest BCUT2D eigenvalue weighted by Crippen LogP contribution is -2.03. The number of nitrogen functional groups attached to an aromatic ring is 1. The summed E-state index contributed by atoms with van der Waals surface area (Å²) in [6.45, 7) is 0.690. The number of nitrogens with zero attached hydrogens (tertiary/aromatic N) is 3. The first-order chi connectivity index (χ1) is 10.3. The number of aromatic nitrogens is 2. The summed E-state index contributed by atoms with van der Waals surface area (Å²) < 4.78 is 1.92. The Labute approximate surface area is 123 Å². The minimum Gasteiger partial charge on any atom is -0.383 e. The Hall–Kier alpha value is -3.06. The smallest absolute Gasteiger partial charge is 0.131 e. The van der Waals surface area contributed by atoms with E-state index in [0.717, 1.165) is 11.3 Å². The van der Waals surface area contributed by atoms with Crippen molar-refractivity contribution in [3.05, 3.63) is 72.1 Å². The van der Waals surface area contributed by atoms with Gasteiger partial charge in [-0.25, -0.2) is 4.98 Å². The van der Waals surface area contributed by atoms with Gasteiger partial charge in [-0.15, -0.1) is 0 Å². The molecule has 0 saturated heterocycles. The summed E-state index contributed by atoms with van der Waals surface area (Å²) in [5.74, 6) is 0.628. The van der Waals surface area contributed by atoms with E-state index in [-0.39, 0.29) is 0 Å². The molecule has 4 nitrogen and oxygen atoms in total. The molecule has 0 unspecified atom stereocenters. The highest BCUT2D eigenvalue weighted by atomic mass is 15.1. The van der Waals surface area contributed by atoms with Gasteiger partial charge >= 0.3 is 0 Å². The third-order valence-corrected chi connectivity index (χ3v) is 3.36. The van der Waals surface area contributed by atoms with Crippen LogP contribution in [0.15, 0.2) is 60.9 Å². The van der Waals surface area contributed by atoms with Crippen LogP contribution in [0.25, 0.3) is 11.3 Å². The highest BCUT2D eigenvalue weighted by molar-refractivity contribution is 5.70. The zero-order chi connectivity index (χ0) is 14.7. The fourth-order valence-electron chi connectivity index (χ4n) is 2.22. The van der Waals surface area contributed by atoms with Crippen molar-refractivity contribution in [2.75, 3.05) is 5.73 Å². The van der Waals surface area contributed by atoms with E-state index in [4.69, 9.17) is 11.0 Å². The number of benzene rings is 2. The molecule has 21 heavy (non-hydrogen) atoms. The Morgan fingerprint density at radius 3 is 2.43 bits per heavy atom. The van der Waals surface area contributed by atoms with Crippen LogP contribution < -0.4 is 5.73 Å². The quantitative estimate of drug-likeness (QED) is 0.798. The second-order valence-corrected chi connectivity index (χ2v) is 4.78. The van der Waals surface area contributed by atoms with Gasteiger partial charge in [0.2, 0.25) is 0 Å². The largest absolute Gasteiger partial charge is 0.383 e. The van der Waals surface area contributed by atoms with E-state index in [2.05, 4.69) is 23.2 Å². The molecule has 1 aromatic heterocycles. The summed E-state index contributed by atoms with van der Waals surface area (Å²) in [7, 11) is 0. The maximum atomic E-state index is 8.83. The summed E-state index contributed by atoms with van der Waals surface area (Å²) in [6, 6.07) is 19.5. The van der Waals surface area contributed by atoms with E-state index in [9.17, 15) is 0 Å². The van der Waals surface area contributed by atoms with Crippen molar-refractivity contribution in [2.24, 2.45) is 0 Å². The Kier molecular flexibility index (Phi) is 3.40. The molecule has 0 saturated carbocycles. The van der Waals surface area contributed by atoms with Crippen molar-refractivity contribution < 1.29 is 0 Å². The van der Waals surface area contributed by atoms with Gasteiger partial charge in [0.05, 0.1) is 24.5 Å². The maximum absolute atomic E-state index is 8.83. The number of rotatable bonds is 3. The van der Waals surface area contributed by atoms with Gasteiger partial charge < -0.3 is 10.3 Å². The Balaban J connectivity index is 1.90. The molecule has 0 aliphatic rings. The second-order valence-electron chi connectivity index (χ2n) is 4.78. The zero-order valence-corrected chi connectivity index (χ0v) is 11.4. The molecular formula is C17H14N4. The molecule has 0 atom stereocenters. The van der Waals surface area contributed by atoms with Crippen LogP contribution in [0.4, 0.5) is 5.82 Å². The topological polar surface area (TPSA) is 67.6 Å². The van der Waals surface area contributed by atoms with Crippen LogP contribution >= 0.6 is 0 Å². The van der Waals surface area contributed by atoms with Gasteiger partial charge in [0.25, 0.3) is 0 Å². The van der Waals surface area contributed by atoms with Crippen molar-refractivity contribution in [2.45, 2.75) is 6.54 Å². The van der Waals surface area contributed by atoms with E-state index >= 15 is 0 Å². The first kappa shape index (κ1) is 12.9. The molecule has 0 amide bonds. The zero-order valence-electron chi connectivity index (χ0n) is 11.4. The molecule has 0 radical (unpaired) electrons. The molecular weight excluding hydrogens is 260 g/mol. The molecule has 4 heteroatoms. The van der Waals surface area contributed by atoms with Crippen LogP contribution in [0.1, 0.15) is 11.1 Å². The molecule has 0 aliphatic heterocycles. The van der Waals surface area contributed by atoms with E-state index in [1.807, 2.05) is 34.9 Å². The number of nitriles is 1. The lowest BCUT2D eigenvalue weighted by atomic mass is 10.1. The highest BCUT2D eigenvalue weighted by Gasteiger charge is 2.10. The fourth-order valence-corrected chi connectivity index (χ4v) is 2.22. The fraction of sp³-hybridized carbons (Fsp3) is 0.0588. The van der Waals surface area contributed by atoms with Gasteiger partial charge in [0, 0.05) is 5.56 Å². The number of hydrogen-bond acceptors (Lipinski definition) is 3. The summed E-state index contributed by atoms with van der Waals surface area (Å²) >= 11 is 0. The molecule has 0 spiro atoms. The van der Waals surface area contributed by atoms with Crippen LogP contribution in [0.5, 0.6) is 0 Å². The number of imidazole rings is 1. The predicted molar refractivity (Wildman–Crippen MR) is 82.3 cm³/mol. The molecule has 3 rings (SSSR count). The van der Waals surface area contributed by atoms with Crippen molar-refractivity contribution in [3.8, 4) is 17.3 Å². The van der Waals surface area contributed by atoms with Crippen molar-refractivity contribution in [3.63, 3.8) is 0 Å². The van der Waals surface area contributed by atoms with Gasteiger partial charge in [-0.3, -0.25) is 0 Å². The summed E-state index contributed by atoms with van der Waals surface area (Å²) in [6.07, 6.45) is 1.75. The number of hydrogen-bond donors (Lipinski definition) is 1. The van der Waals surface area contributed by atoms with E-state index in [0.29, 0.717) is 17.9 Å². The first-order valence-corrected chi connectivity index (χ1v) is 6.63. The lowest BCUT2D eigenvalue weighted by molar-refractivity contribution is 0.808. The third kappa shape index (κ3) is 2.63. The first-order valence-electron chi connectivity index (χ1n) is 6.63. The monoisotopic (exact) mass is 274 g/mol. The Morgan fingerprint density at radius 2 is 1.76 bits per heavy atom. The molecule has 3 aromatic rings. The Morgan fingerprint density at radius 1 is 1.05 bits per heavy atom. The van der Waals surface area contributed by atoms with Crippen LogP contribution in [-0.2, 0) is 6.54 Å². The molecule has 1 heterocycles. The average molecular weight is 274 g/mol. The van der Waals surface area contributed by atoms with Crippen LogP contribution in [0, 0.1) is 11.3 Å². The van der Waals surface area contributed by atoms with Gasteiger partial charge in [0.1, 0.15) is 11.5 Å². The molecule has 0 bridgehead atoms. The Bertz CT molecular complexity index is 780. The van der Waals surface area contributed by atoms with Crippen LogP contribution in [0.2, 0.25) is 0 Å². The van der Waals surface area contributed by atoms with Gasteiger partial charge in [-0.2, -0.15) is 5.26 Å². The molecule has 0 aliphatic carbocycles. The van der Waals surface area contributed by atoms with Crippen LogP contribution in [0.3, 0.4) is 0 Å². The second kappa shape index (κ2) is 5.51. The van der Waals surface area contributed by atoms with Crippen LogP contribution in [-0.4, -0.2) is 9.55 Å². The van der Waals surface area contributed by atoms with Gasteiger partial charge in [0.15, 0.2) is 0 Å². The summed E-state index contributed by atoms with van der Waals surface area (Å²) in [5.41, 5.74) is 9.65. The molecule has 0 fully saturated rings. The third-order valence-electron chi connectivity index (χ3n) is 3.36. The number of anilines is 1. The molecule has 2 N–H and O–H groups in total. The minimum absolute atomic E-state index is 0.626. The maximum Gasteiger partial charge on any atom is 0.131 e. The predicted octanol–water partition coefficient (Wildman–Crippen LogP) is 3.05. The molecule has 2 aromatic carbocycles. The lowest BCUT2D eigenvalue weighted by Gasteiger charge is -2.06. The van der Waals surface area contributed by atoms with E-state index in [1.165, 1.54) is 5.56 Å². The minimum atomic E-state index is 0.626. The van der Waals surface area contributed by atoms with Crippen molar-refractivity contribution >= 4 is 5.82 Å². The summed E-state index contributed by atoms with van der Waals surface area (Å²) in [4.78, 5) is 4.39. The van der Waals surface area contributed by atoms with E-state index < -0.39 is 0 Å². The summed E-state index contributed by atoms with van der Waals surface area (Å²) in [5, 5.41) is 8.83. The highest BCUT2D eigenvalue weighted by Crippen LogP contribution is 2.25. The normalized spacial score (nSPS) is 10.2. The molecule has 102 valence electrons. The van der Waals surface area contributed by atoms with Crippen molar-refractivity contribution in [1.29, 1.82) is 5.26 Å². The van der Waals surface area contributed by atoms with E-state index in [1.54, 1.807) is 18.5 Å². The van der Waals surface area contributed by atoms with Gasteiger partial charge in [-0.05, 0) is 17.7 Å².